The SMILES string of the molecule is CCOCC(C)C#N. The lowest BCUT2D eigenvalue weighted by Gasteiger charge is -1.99. The quantitative estimate of drug-likeness (QED) is 0.550. The number of nitrogens with zero attached hydrogens (tertiary/aromatic N) is 1. The molecule has 0 radical (unpaired) electrons. The molecule has 0 amide bonds. The molecule has 1 atom stereocenters. The number of ether oxygens (including phenoxy) is 1. The van der Waals surface area contributed by atoms with Crippen LogP contribution in [0.4, 0.5) is 0 Å². The third-order valence-corrected chi connectivity index (χ3v) is 0.792. The van der Waals surface area contributed by atoms with E-state index in [2.05, 4.69) is 6.07 Å². The third kappa shape index (κ3) is 3.63. The fourth-order valence-corrected chi connectivity index (χ4v) is 0.332. The van der Waals surface area contributed by atoms with Crippen LogP contribution in [0.25, 0.3) is 0 Å². The first-order chi connectivity index (χ1) is 3.81. The summed E-state index contributed by atoms with van der Waals surface area (Å²) in [4.78, 5) is 0. The van der Waals surface area contributed by atoms with Crippen LogP contribution in [-0.2, 0) is 4.74 Å². The average Bonchev–Trinajstić information content (AvgIpc) is 1.83. The van der Waals surface area contributed by atoms with E-state index in [1.54, 1.807) is 0 Å². The van der Waals surface area contributed by atoms with Crippen LogP contribution in [0.2, 0.25) is 0 Å². The van der Waals surface area contributed by atoms with Crippen molar-refractivity contribution in [2.75, 3.05) is 13.2 Å². The summed E-state index contributed by atoms with van der Waals surface area (Å²) in [5.41, 5.74) is 0. The lowest BCUT2D eigenvalue weighted by molar-refractivity contribution is 0.131. The zero-order chi connectivity index (χ0) is 6.41. The molecule has 1 unspecified atom stereocenters. The molecule has 0 rings (SSSR count). The van der Waals surface area contributed by atoms with E-state index < -0.39 is 0 Å². The average molecular weight is 113 g/mol. The zero-order valence-corrected chi connectivity index (χ0v) is 5.35. The minimum absolute atomic E-state index is 0.0370. The van der Waals surface area contributed by atoms with Gasteiger partial charge in [-0.15, -0.1) is 0 Å². The van der Waals surface area contributed by atoms with E-state index >= 15 is 0 Å². The van der Waals surface area contributed by atoms with Crippen molar-refractivity contribution in [2.45, 2.75) is 13.8 Å². The molecule has 0 bridgehead atoms. The topological polar surface area (TPSA) is 33.0 Å². The fraction of sp³-hybridized carbons (Fsp3) is 0.833. The largest absolute Gasteiger partial charge is 0.380 e. The summed E-state index contributed by atoms with van der Waals surface area (Å²) in [6, 6.07) is 2.07. The summed E-state index contributed by atoms with van der Waals surface area (Å²) in [6.45, 7) is 5.03. The molecule has 0 aliphatic rings. The van der Waals surface area contributed by atoms with Crippen molar-refractivity contribution in [3.8, 4) is 6.07 Å². The highest BCUT2D eigenvalue weighted by Gasteiger charge is 1.95. The molecule has 8 heavy (non-hydrogen) atoms. The molecule has 0 aromatic carbocycles. The molecule has 0 fully saturated rings. The Morgan fingerprint density at radius 3 is 2.75 bits per heavy atom. The first-order valence-corrected chi connectivity index (χ1v) is 2.78. The molecule has 0 aliphatic carbocycles. The van der Waals surface area contributed by atoms with Crippen molar-refractivity contribution in [1.82, 2.24) is 0 Å². The van der Waals surface area contributed by atoms with Crippen LogP contribution >= 0.6 is 0 Å². The van der Waals surface area contributed by atoms with Crippen LogP contribution in [0.15, 0.2) is 0 Å². The van der Waals surface area contributed by atoms with Gasteiger partial charge in [-0.25, -0.2) is 0 Å². The Hall–Kier alpha value is -0.550. The van der Waals surface area contributed by atoms with Gasteiger partial charge in [-0.3, -0.25) is 0 Å². The number of hydrogen-bond donors (Lipinski definition) is 0. The first-order valence-electron chi connectivity index (χ1n) is 2.78. The highest BCUT2D eigenvalue weighted by molar-refractivity contribution is 4.77. The normalized spacial score (nSPS) is 12.6. The lowest BCUT2D eigenvalue weighted by Crippen LogP contribution is -2.02. The van der Waals surface area contributed by atoms with E-state index in [1.165, 1.54) is 0 Å². The Morgan fingerprint density at radius 1 is 1.75 bits per heavy atom. The molecule has 0 aromatic rings. The van der Waals surface area contributed by atoms with Crippen LogP contribution < -0.4 is 0 Å². The van der Waals surface area contributed by atoms with Gasteiger partial charge in [0.1, 0.15) is 0 Å². The van der Waals surface area contributed by atoms with E-state index in [-0.39, 0.29) is 5.92 Å². The van der Waals surface area contributed by atoms with Crippen LogP contribution in [0.1, 0.15) is 13.8 Å². The van der Waals surface area contributed by atoms with Crippen LogP contribution in [0.5, 0.6) is 0 Å². The van der Waals surface area contributed by atoms with Crippen LogP contribution in [0, 0.1) is 17.2 Å². The Balaban J connectivity index is 3.02. The second-order valence-corrected chi connectivity index (χ2v) is 1.69. The monoisotopic (exact) mass is 113 g/mol. The van der Waals surface area contributed by atoms with E-state index in [4.69, 9.17) is 10.00 Å². The molecular formula is C6H11NO. The predicted octanol–water partition coefficient (Wildman–Crippen LogP) is 1.18. The van der Waals surface area contributed by atoms with E-state index in [0.717, 1.165) is 0 Å². The van der Waals surface area contributed by atoms with Crippen molar-refractivity contribution in [1.29, 1.82) is 5.26 Å². The molecule has 0 heterocycles. The summed E-state index contributed by atoms with van der Waals surface area (Å²) >= 11 is 0. The summed E-state index contributed by atoms with van der Waals surface area (Å²) in [5, 5.41) is 8.23. The van der Waals surface area contributed by atoms with Crippen molar-refractivity contribution in [3.63, 3.8) is 0 Å². The third-order valence-electron chi connectivity index (χ3n) is 0.792. The number of hydrogen-bond acceptors (Lipinski definition) is 2. The van der Waals surface area contributed by atoms with Crippen molar-refractivity contribution >= 4 is 0 Å². The molecule has 46 valence electrons. The molecule has 0 saturated carbocycles. The van der Waals surface area contributed by atoms with Crippen LogP contribution in [0.3, 0.4) is 0 Å². The van der Waals surface area contributed by atoms with Gasteiger partial charge in [-0.05, 0) is 13.8 Å². The Morgan fingerprint density at radius 2 is 2.38 bits per heavy atom. The van der Waals surface area contributed by atoms with Crippen molar-refractivity contribution < 1.29 is 4.74 Å². The summed E-state index contributed by atoms with van der Waals surface area (Å²) in [7, 11) is 0. The molecule has 0 aromatic heterocycles. The minimum Gasteiger partial charge on any atom is -0.380 e. The van der Waals surface area contributed by atoms with Gasteiger partial charge in [0, 0.05) is 6.61 Å². The van der Waals surface area contributed by atoms with Gasteiger partial charge in [0.05, 0.1) is 18.6 Å². The summed E-state index contributed by atoms with van der Waals surface area (Å²) in [5.74, 6) is 0.0370. The molecule has 0 saturated heterocycles. The molecule has 0 spiro atoms. The van der Waals surface area contributed by atoms with Gasteiger partial charge >= 0.3 is 0 Å². The van der Waals surface area contributed by atoms with E-state index in [9.17, 15) is 0 Å². The van der Waals surface area contributed by atoms with Gasteiger partial charge < -0.3 is 4.74 Å². The lowest BCUT2D eigenvalue weighted by atomic mass is 10.2. The maximum absolute atomic E-state index is 8.23. The van der Waals surface area contributed by atoms with Crippen molar-refractivity contribution in [3.05, 3.63) is 0 Å². The summed E-state index contributed by atoms with van der Waals surface area (Å²) in [6.07, 6.45) is 0. The number of rotatable bonds is 3. The Labute approximate surface area is 50.1 Å². The van der Waals surface area contributed by atoms with Gasteiger partial charge in [0.15, 0.2) is 0 Å². The van der Waals surface area contributed by atoms with Crippen LogP contribution in [-0.4, -0.2) is 13.2 Å². The Kier molecular flexibility index (Phi) is 4.29. The minimum atomic E-state index is 0.0370. The number of nitriles is 1. The van der Waals surface area contributed by atoms with E-state index in [1.807, 2.05) is 13.8 Å². The molecule has 2 nitrogen and oxygen atoms in total. The maximum Gasteiger partial charge on any atom is 0.0677 e. The molecular weight excluding hydrogens is 102 g/mol. The highest BCUT2D eigenvalue weighted by atomic mass is 16.5. The second-order valence-electron chi connectivity index (χ2n) is 1.69. The van der Waals surface area contributed by atoms with Gasteiger partial charge in [0.2, 0.25) is 0 Å². The maximum atomic E-state index is 8.23. The summed E-state index contributed by atoms with van der Waals surface area (Å²) < 4.78 is 4.96. The molecule has 0 aliphatic heterocycles. The molecule has 0 N–H and O–H groups in total. The predicted molar refractivity (Wildman–Crippen MR) is 31.3 cm³/mol. The first kappa shape index (κ1) is 7.45. The van der Waals surface area contributed by atoms with Gasteiger partial charge in [-0.1, -0.05) is 0 Å². The second kappa shape index (κ2) is 4.61. The van der Waals surface area contributed by atoms with Crippen molar-refractivity contribution in [2.24, 2.45) is 5.92 Å². The van der Waals surface area contributed by atoms with Gasteiger partial charge in [-0.2, -0.15) is 5.26 Å². The fourth-order valence-electron chi connectivity index (χ4n) is 0.332. The molecule has 2 heteroatoms. The Bertz CT molecular complexity index is 85.0. The van der Waals surface area contributed by atoms with E-state index in [0.29, 0.717) is 13.2 Å². The van der Waals surface area contributed by atoms with Gasteiger partial charge in [0.25, 0.3) is 0 Å². The standard InChI is InChI=1S/C6H11NO/c1-3-8-5-6(2)4-7/h6H,3,5H2,1-2H3. The highest BCUT2D eigenvalue weighted by Crippen LogP contribution is 1.90. The zero-order valence-electron chi connectivity index (χ0n) is 5.35. The smallest absolute Gasteiger partial charge is 0.0677 e.